The van der Waals surface area contributed by atoms with Crippen molar-refractivity contribution in [3.05, 3.63) is 59.3 Å². The van der Waals surface area contributed by atoms with Crippen molar-refractivity contribution < 1.29 is 14.3 Å². The van der Waals surface area contributed by atoms with Crippen LogP contribution in [-0.2, 0) is 19.9 Å². The molecule has 0 aliphatic carbocycles. The number of amides is 1. The molecule has 3 aromatic heterocycles. The van der Waals surface area contributed by atoms with E-state index in [1.54, 1.807) is 11.3 Å². The van der Waals surface area contributed by atoms with E-state index < -0.39 is 5.60 Å². The van der Waals surface area contributed by atoms with Crippen LogP contribution < -0.4 is 10.2 Å². The normalized spacial score (nSPS) is 20.1. The molecule has 196 valence electrons. The Bertz CT molecular complexity index is 1570. The van der Waals surface area contributed by atoms with Gasteiger partial charge in [0.05, 0.1) is 45.8 Å². The van der Waals surface area contributed by atoms with Gasteiger partial charge in [-0.3, -0.25) is 9.89 Å². The van der Waals surface area contributed by atoms with Crippen LogP contribution in [0.5, 0.6) is 0 Å². The van der Waals surface area contributed by atoms with Crippen LogP contribution in [0.2, 0.25) is 0 Å². The maximum absolute atomic E-state index is 11.6. The standard InChI is InChI=1S/C28H30N6O3S/c1-4-24(35)29-15-18-8-9-28(3,37-17(18)2)23-14-22-25(38-23)27(34-10-12-36-13-11-34)32-26(31-22)19-6-5-7-21-20(19)16-30-33-21/h4-7,14,16H,1,8-13,15H2,2-3H3,(H,29,35)(H,30,33). The summed E-state index contributed by atoms with van der Waals surface area (Å²) >= 11 is 1.70. The summed E-state index contributed by atoms with van der Waals surface area (Å²) in [5, 5.41) is 11.1. The number of morpholine rings is 1. The maximum atomic E-state index is 11.6. The summed E-state index contributed by atoms with van der Waals surface area (Å²) in [6.45, 7) is 11.0. The second kappa shape index (κ2) is 9.85. The number of thiophene rings is 1. The number of H-pyrrole nitrogens is 1. The van der Waals surface area contributed by atoms with E-state index in [9.17, 15) is 4.79 Å². The van der Waals surface area contributed by atoms with Gasteiger partial charge in [0.15, 0.2) is 11.6 Å². The fourth-order valence-electron chi connectivity index (χ4n) is 5.13. The van der Waals surface area contributed by atoms with E-state index in [1.807, 2.05) is 31.3 Å². The highest BCUT2D eigenvalue weighted by Crippen LogP contribution is 2.45. The van der Waals surface area contributed by atoms with Crippen LogP contribution in [0.15, 0.2) is 54.4 Å². The van der Waals surface area contributed by atoms with Crippen LogP contribution >= 0.6 is 11.3 Å². The number of carbonyl (C=O) groups excluding carboxylic acids is 1. The largest absolute Gasteiger partial charge is 0.487 e. The number of nitrogens with zero attached hydrogens (tertiary/aromatic N) is 4. The van der Waals surface area contributed by atoms with Crippen LogP contribution in [0.1, 0.15) is 31.6 Å². The SMILES string of the molecule is C=CC(=O)NCC1=C(C)OC(C)(c2cc3nc(-c4cccc5[nH]ncc45)nc(N4CCOCC4)c3s2)CC1. The second-order valence-corrected chi connectivity index (χ2v) is 10.9. The van der Waals surface area contributed by atoms with Crippen molar-refractivity contribution in [2.75, 3.05) is 37.7 Å². The van der Waals surface area contributed by atoms with Crippen molar-refractivity contribution in [2.45, 2.75) is 32.3 Å². The summed E-state index contributed by atoms with van der Waals surface area (Å²) in [5.41, 5.74) is 3.42. The highest BCUT2D eigenvalue weighted by Gasteiger charge is 2.36. The molecule has 2 N–H and O–H groups in total. The van der Waals surface area contributed by atoms with Crippen LogP contribution in [0.3, 0.4) is 0 Å². The number of aromatic amines is 1. The summed E-state index contributed by atoms with van der Waals surface area (Å²) in [7, 11) is 0. The Labute approximate surface area is 224 Å². The predicted molar refractivity (Wildman–Crippen MR) is 149 cm³/mol. The number of hydrogen-bond donors (Lipinski definition) is 2. The molecule has 0 spiro atoms. The molecule has 2 aliphatic rings. The van der Waals surface area contributed by atoms with Crippen LogP contribution in [0.25, 0.3) is 32.5 Å². The fraction of sp³-hybridized carbons (Fsp3) is 0.357. The Morgan fingerprint density at radius 3 is 2.95 bits per heavy atom. The van der Waals surface area contributed by atoms with E-state index in [1.165, 1.54) is 6.08 Å². The number of ether oxygens (including phenoxy) is 2. The van der Waals surface area contributed by atoms with E-state index in [0.717, 1.165) is 74.6 Å². The van der Waals surface area contributed by atoms with Gasteiger partial charge in [-0.1, -0.05) is 18.7 Å². The minimum Gasteiger partial charge on any atom is -0.487 e. The van der Waals surface area contributed by atoms with E-state index in [-0.39, 0.29) is 5.91 Å². The number of rotatable bonds is 6. The first kappa shape index (κ1) is 24.6. The third-order valence-corrected chi connectivity index (χ3v) is 8.72. The molecule has 1 saturated heterocycles. The van der Waals surface area contributed by atoms with Crippen molar-refractivity contribution >= 4 is 44.2 Å². The minimum absolute atomic E-state index is 0.181. The molecule has 38 heavy (non-hydrogen) atoms. The zero-order valence-electron chi connectivity index (χ0n) is 21.5. The van der Waals surface area contributed by atoms with E-state index in [2.05, 4.69) is 40.0 Å². The molecule has 6 rings (SSSR count). The lowest BCUT2D eigenvalue weighted by molar-refractivity contribution is -0.116. The van der Waals surface area contributed by atoms with Crippen molar-refractivity contribution in [1.29, 1.82) is 0 Å². The monoisotopic (exact) mass is 530 g/mol. The topological polar surface area (TPSA) is 105 Å². The van der Waals surface area contributed by atoms with Gasteiger partial charge < -0.3 is 19.7 Å². The average Bonchev–Trinajstić information content (AvgIpc) is 3.60. The minimum atomic E-state index is -0.492. The van der Waals surface area contributed by atoms with Gasteiger partial charge in [-0.25, -0.2) is 9.97 Å². The lowest BCUT2D eigenvalue weighted by Gasteiger charge is -2.35. The van der Waals surface area contributed by atoms with E-state index in [4.69, 9.17) is 19.4 Å². The van der Waals surface area contributed by atoms with Gasteiger partial charge in [-0.2, -0.15) is 5.10 Å². The molecule has 5 heterocycles. The first-order valence-corrected chi connectivity index (χ1v) is 13.6. The van der Waals surface area contributed by atoms with Gasteiger partial charge in [-0.15, -0.1) is 11.3 Å². The molecule has 2 aliphatic heterocycles. The number of aromatic nitrogens is 4. The van der Waals surface area contributed by atoms with Gasteiger partial charge in [0.2, 0.25) is 5.91 Å². The number of hydrogen-bond acceptors (Lipinski definition) is 8. The van der Waals surface area contributed by atoms with Crippen molar-refractivity contribution in [1.82, 2.24) is 25.5 Å². The lowest BCUT2D eigenvalue weighted by atomic mass is 9.91. The molecular weight excluding hydrogens is 500 g/mol. The van der Waals surface area contributed by atoms with Crippen LogP contribution in [0.4, 0.5) is 5.82 Å². The molecule has 1 aromatic carbocycles. The first-order valence-electron chi connectivity index (χ1n) is 12.8. The number of allylic oxidation sites excluding steroid dienone is 1. The second-order valence-electron chi connectivity index (χ2n) is 9.85. The van der Waals surface area contributed by atoms with Gasteiger partial charge >= 0.3 is 0 Å². The van der Waals surface area contributed by atoms with Gasteiger partial charge in [0.1, 0.15) is 5.60 Å². The van der Waals surface area contributed by atoms with Gasteiger partial charge in [-0.05, 0) is 50.5 Å². The quantitative estimate of drug-likeness (QED) is 0.349. The third-order valence-electron chi connectivity index (χ3n) is 7.35. The van der Waals surface area contributed by atoms with Gasteiger partial charge in [0.25, 0.3) is 0 Å². The molecule has 1 atom stereocenters. The zero-order chi connectivity index (χ0) is 26.3. The molecule has 0 radical (unpaired) electrons. The van der Waals surface area contributed by atoms with Crippen LogP contribution in [-0.4, -0.2) is 58.9 Å². The summed E-state index contributed by atoms with van der Waals surface area (Å²) in [6.07, 6.45) is 4.75. The van der Waals surface area contributed by atoms with Crippen molar-refractivity contribution in [3.8, 4) is 11.4 Å². The number of anilines is 1. The molecule has 0 saturated carbocycles. The zero-order valence-corrected chi connectivity index (χ0v) is 22.4. The third kappa shape index (κ3) is 4.43. The smallest absolute Gasteiger partial charge is 0.243 e. The Morgan fingerprint density at radius 2 is 2.16 bits per heavy atom. The molecule has 10 heteroatoms. The van der Waals surface area contributed by atoms with Crippen LogP contribution in [0, 0.1) is 0 Å². The van der Waals surface area contributed by atoms with Gasteiger partial charge in [0, 0.05) is 30.6 Å². The number of carbonyl (C=O) groups is 1. The Balaban J connectivity index is 1.41. The predicted octanol–water partition coefficient (Wildman–Crippen LogP) is 4.67. The Hall–Kier alpha value is -3.76. The molecule has 9 nitrogen and oxygen atoms in total. The lowest BCUT2D eigenvalue weighted by Crippen LogP contribution is -2.36. The number of fused-ring (bicyclic) bond motifs is 2. The molecular formula is C28H30N6O3S. The maximum Gasteiger partial charge on any atom is 0.243 e. The van der Waals surface area contributed by atoms with Crippen molar-refractivity contribution in [2.24, 2.45) is 0 Å². The average molecular weight is 531 g/mol. The molecule has 0 bridgehead atoms. The molecule has 1 unspecified atom stereocenters. The van der Waals surface area contributed by atoms with Crippen molar-refractivity contribution in [3.63, 3.8) is 0 Å². The summed E-state index contributed by atoms with van der Waals surface area (Å²) in [5.74, 6) is 2.29. The summed E-state index contributed by atoms with van der Waals surface area (Å²) in [6, 6.07) is 8.20. The Kier molecular flexibility index (Phi) is 6.37. The summed E-state index contributed by atoms with van der Waals surface area (Å²) < 4.78 is 13.2. The first-order chi connectivity index (χ1) is 18.4. The molecule has 1 fully saturated rings. The fourth-order valence-corrected chi connectivity index (χ4v) is 6.35. The number of benzene rings is 1. The number of nitrogens with one attached hydrogen (secondary N) is 2. The highest BCUT2D eigenvalue weighted by molar-refractivity contribution is 7.19. The van der Waals surface area contributed by atoms with E-state index >= 15 is 0 Å². The Morgan fingerprint density at radius 1 is 1.32 bits per heavy atom. The molecule has 1 amide bonds. The highest BCUT2D eigenvalue weighted by atomic mass is 32.1. The van der Waals surface area contributed by atoms with E-state index in [0.29, 0.717) is 25.6 Å². The summed E-state index contributed by atoms with van der Waals surface area (Å²) in [4.78, 5) is 25.2. The molecule has 4 aromatic rings.